The van der Waals surface area contributed by atoms with Crippen LogP contribution >= 0.6 is 0 Å². The number of rotatable bonds is 10. The molecule has 0 unspecified atom stereocenters. The molecule has 2 aromatic rings. The zero-order valence-electron chi connectivity index (χ0n) is 17.3. The van der Waals surface area contributed by atoms with Gasteiger partial charge in [0.05, 0.1) is 19.8 Å². The number of hydrogen-bond donors (Lipinski definition) is 1. The van der Waals surface area contributed by atoms with Crippen molar-refractivity contribution in [2.24, 2.45) is 0 Å². The van der Waals surface area contributed by atoms with Gasteiger partial charge in [-0.3, -0.25) is 4.79 Å². The molecule has 3 rings (SSSR count). The summed E-state index contributed by atoms with van der Waals surface area (Å²) in [6, 6.07) is 3.69. The normalized spacial score (nSPS) is 15.2. The summed E-state index contributed by atoms with van der Waals surface area (Å²) in [7, 11) is 3.15. The van der Waals surface area contributed by atoms with Gasteiger partial charge in [0.15, 0.2) is 11.3 Å². The number of nitrogens with zero attached hydrogens (tertiary/aromatic N) is 2. The maximum atomic E-state index is 13.1. The standard InChI is InChI=1S/C21H25N3O6/c1-4-29-21(26)17-18(25)16(12-14-13-23-19-15(14)6-5-7-22-19)30-20(17)24(8-10-27-2)9-11-28-3/h5-7,12-13H,4,8-11H2,1-3H3,(H,22,23)/b16-12-. The van der Waals surface area contributed by atoms with Crippen molar-refractivity contribution in [1.82, 2.24) is 14.9 Å². The van der Waals surface area contributed by atoms with Crippen molar-refractivity contribution in [1.29, 1.82) is 0 Å². The summed E-state index contributed by atoms with van der Waals surface area (Å²) in [5, 5.41) is 0.836. The average Bonchev–Trinajstić information content (AvgIpc) is 3.30. The van der Waals surface area contributed by atoms with Crippen LogP contribution in [0.3, 0.4) is 0 Å². The number of pyridine rings is 1. The fraction of sp³-hybridized carbons (Fsp3) is 0.381. The Labute approximate surface area is 174 Å². The fourth-order valence-corrected chi connectivity index (χ4v) is 3.08. The first-order valence-corrected chi connectivity index (χ1v) is 9.61. The Morgan fingerprint density at radius 1 is 1.27 bits per heavy atom. The van der Waals surface area contributed by atoms with Gasteiger partial charge in [0.2, 0.25) is 11.7 Å². The first kappa shape index (κ1) is 21.5. The van der Waals surface area contributed by atoms with E-state index in [0.717, 1.165) is 10.9 Å². The van der Waals surface area contributed by atoms with E-state index in [-0.39, 0.29) is 23.8 Å². The number of nitrogens with one attached hydrogen (secondary N) is 1. The van der Waals surface area contributed by atoms with Crippen LogP contribution in [0.1, 0.15) is 12.5 Å². The maximum Gasteiger partial charge on any atom is 0.347 e. The highest BCUT2D eigenvalue weighted by Crippen LogP contribution is 2.31. The van der Waals surface area contributed by atoms with Crippen molar-refractivity contribution in [2.45, 2.75) is 6.92 Å². The Morgan fingerprint density at radius 3 is 2.67 bits per heavy atom. The number of carbonyl (C=O) groups excluding carboxylic acids is 2. The minimum atomic E-state index is -0.721. The second-order valence-electron chi connectivity index (χ2n) is 6.46. The van der Waals surface area contributed by atoms with Crippen molar-refractivity contribution in [3.8, 4) is 0 Å². The van der Waals surface area contributed by atoms with Crippen LogP contribution in [-0.2, 0) is 28.5 Å². The van der Waals surface area contributed by atoms with Crippen LogP contribution in [0.4, 0.5) is 0 Å². The lowest BCUT2D eigenvalue weighted by molar-refractivity contribution is -0.139. The highest BCUT2D eigenvalue weighted by molar-refractivity contribution is 6.26. The van der Waals surface area contributed by atoms with Gasteiger partial charge in [0, 0.05) is 50.7 Å². The zero-order valence-corrected chi connectivity index (χ0v) is 17.3. The van der Waals surface area contributed by atoms with Gasteiger partial charge >= 0.3 is 5.97 Å². The number of esters is 1. The number of aromatic nitrogens is 2. The first-order chi connectivity index (χ1) is 14.6. The molecule has 0 atom stereocenters. The Morgan fingerprint density at radius 2 is 2.00 bits per heavy atom. The Bertz CT molecular complexity index is 970. The number of fused-ring (bicyclic) bond motifs is 1. The molecule has 0 saturated carbocycles. The third-order valence-electron chi connectivity index (χ3n) is 4.54. The highest BCUT2D eigenvalue weighted by atomic mass is 16.5. The van der Waals surface area contributed by atoms with Crippen molar-refractivity contribution in [3.63, 3.8) is 0 Å². The van der Waals surface area contributed by atoms with Gasteiger partial charge in [-0.2, -0.15) is 0 Å². The first-order valence-electron chi connectivity index (χ1n) is 9.61. The van der Waals surface area contributed by atoms with Crippen LogP contribution < -0.4 is 0 Å². The molecule has 0 saturated heterocycles. The van der Waals surface area contributed by atoms with Gasteiger partial charge in [-0.05, 0) is 25.1 Å². The summed E-state index contributed by atoms with van der Waals surface area (Å²) >= 11 is 0. The molecule has 30 heavy (non-hydrogen) atoms. The topological polar surface area (TPSA) is 103 Å². The van der Waals surface area contributed by atoms with Crippen molar-refractivity contribution < 1.29 is 28.5 Å². The Kier molecular flexibility index (Phi) is 7.21. The Balaban J connectivity index is 1.98. The van der Waals surface area contributed by atoms with Crippen LogP contribution in [0, 0.1) is 0 Å². The van der Waals surface area contributed by atoms with E-state index >= 15 is 0 Å². The Hall–Kier alpha value is -3.17. The lowest BCUT2D eigenvalue weighted by Crippen LogP contribution is -2.32. The second kappa shape index (κ2) is 10.0. The molecule has 0 amide bonds. The number of methoxy groups -OCH3 is 2. The monoisotopic (exact) mass is 415 g/mol. The molecule has 0 bridgehead atoms. The van der Waals surface area contributed by atoms with Crippen LogP contribution in [0.25, 0.3) is 17.1 Å². The fourth-order valence-electron chi connectivity index (χ4n) is 3.08. The second-order valence-corrected chi connectivity index (χ2v) is 6.46. The van der Waals surface area contributed by atoms with E-state index in [0.29, 0.717) is 32.0 Å². The summed E-state index contributed by atoms with van der Waals surface area (Å²) in [6.45, 7) is 3.42. The zero-order chi connectivity index (χ0) is 21.5. The molecule has 1 aliphatic heterocycles. The molecule has 9 nitrogen and oxygen atoms in total. The molecule has 1 N–H and O–H groups in total. The van der Waals surface area contributed by atoms with E-state index in [1.54, 1.807) is 50.6 Å². The molecule has 0 aliphatic carbocycles. The van der Waals surface area contributed by atoms with Crippen molar-refractivity contribution in [3.05, 3.63) is 47.3 Å². The van der Waals surface area contributed by atoms with E-state index in [1.165, 1.54) is 0 Å². The van der Waals surface area contributed by atoms with Crippen LogP contribution in [0.5, 0.6) is 0 Å². The molecule has 0 spiro atoms. The van der Waals surface area contributed by atoms with E-state index in [2.05, 4.69) is 9.97 Å². The minimum absolute atomic E-state index is 0.0395. The number of ketones is 1. The SMILES string of the molecule is CCOC(=O)C1=C(N(CCOC)CCOC)O/C(=C\c2c[nH]c3ncccc23)C1=O. The van der Waals surface area contributed by atoms with E-state index in [4.69, 9.17) is 18.9 Å². The average molecular weight is 415 g/mol. The molecule has 0 fully saturated rings. The summed E-state index contributed by atoms with van der Waals surface area (Å²) in [5.41, 5.74) is 1.29. The van der Waals surface area contributed by atoms with Crippen LogP contribution in [0.2, 0.25) is 0 Å². The molecular formula is C21H25N3O6. The molecule has 9 heteroatoms. The molecule has 0 aromatic carbocycles. The van der Waals surface area contributed by atoms with E-state index < -0.39 is 11.8 Å². The number of allylic oxidation sites excluding steroid dienone is 1. The number of ether oxygens (including phenoxy) is 4. The lowest BCUT2D eigenvalue weighted by Gasteiger charge is -2.24. The predicted octanol–water partition coefficient (Wildman–Crippen LogP) is 1.87. The minimum Gasteiger partial charge on any atom is -0.462 e. The third kappa shape index (κ3) is 4.52. The summed E-state index contributed by atoms with van der Waals surface area (Å²) in [6.07, 6.45) is 5.01. The van der Waals surface area contributed by atoms with Gasteiger partial charge < -0.3 is 28.8 Å². The predicted molar refractivity (Wildman–Crippen MR) is 109 cm³/mol. The van der Waals surface area contributed by atoms with E-state index in [1.807, 2.05) is 6.07 Å². The molecular weight excluding hydrogens is 390 g/mol. The van der Waals surface area contributed by atoms with E-state index in [9.17, 15) is 9.59 Å². The van der Waals surface area contributed by atoms with Gasteiger partial charge in [-0.25, -0.2) is 9.78 Å². The third-order valence-corrected chi connectivity index (χ3v) is 4.54. The largest absolute Gasteiger partial charge is 0.462 e. The van der Waals surface area contributed by atoms with Crippen molar-refractivity contribution in [2.75, 3.05) is 47.1 Å². The lowest BCUT2D eigenvalue weighted by atomic mass is 10.1. The summed E-state index contributed by atoms with van der Waals surface area (Å²) in [5.74, 6) is -1.06. The number of Topliss-reactive ketones (excluding diaryl/α,β-unsaturated/α-hetero) is 1. The summed E-state index contributed by atoms with van der Waals surface area (Å²) < 4.78 is 21.3. The summed E-state index contributed by atoms with van der Waals surface area (Å²) in [4.78, 5) is 34.7. The van der Waals surface area contributed by atoms with Crippen molar-refractivity contribution >= 4 is 28.9 Å². The van der Waals surface area contributed by atoms with Gasteiger partial charge in [-0.1, -0.05) is 0 Å². The van der Waals surface area contributed by atoms with Gasteiger partial charge in [0.1, 0.15) is 5.65 Å². The number of aromatic amines is 1. The molecule has 2 aromatic heterocycles. The van der Waals surface area contributed by atoms with Gasteiger partial charge in [0.25, 0.3) is 0 Å². The quantitative estimate of drug-likeness (QED) is 0.356. The van der Waals surface area contributed by atoms with Gasteiger partial charge in [-0.15, -0.1) is 0 Å². The number of carbonyl (C=O) groups is 2. The molecule has 160 valence electrons. The number of H-pyrrole nitrogens is 1. The van der Waals surface area contributed by atoms with Crippen LogP contribution in [0.15, 0.2) is 41.7 Å². The molecule has 3 heterocycles. The highest BCUT2D eigenvalue weighted by Gasteiger charge is 2.39. The smallest absolute Gasteiger partial charge is 0.347 e. The van der Waals surface area contributed by atoms with Crippen LogP contribution in [-0.4, -0.2) is 73.8 Å². The molecule has 0 radical (unpaired) electrons. The number of hydrogen-bond acceptors (Lipinski definition) is 8. The maximum absolute atomic E-state index is 13.1. The molecule has 1 aliphatic rings.